The van der Waals surface area contributed by atoms with E-state index in [-0.39, 0.29) is 0 Å². The van der Waals surface area contributed by atoms with Crippen LogP contribution in [0.3, 0.4) is 0 Å². The number of piperidine rings is 1. The molecule has 0 saturated carbocycles. The summed E-state index contributed by atoms with van der Waals surface area (Å²) in [6.45, 7) is 4.27. The highest BCUT2D eigenvalue weighted by Crippen LogP contribution is 2.35. The van der Waals surface area contributed by atoms with Gasteiger partial charge >= 0.3 is 0 Å². The molecule has 1 aromatic heterocycles. The molecule has 2 saturated heterocycles. The topological polar surface area (TPSA) is 66.4 Å². The van der Waals surface area contributed by atoms with Gasteiger partial charge in [0.1, 0.15) is 5.82 Å². The average Bonchev–Trinajstić information content (AvgIpc) is 2.96. The first-order valence-electron chi connectivity index (χ1n) is 7.95. The van der Waals surface area contributed by atoms with Gasteiger partial charge in [-0.1, -0.05) is 0 Å². The van der Waals surface area contributed by atoms with Crippen molar-refractivity contribution in [2.75, 3.05) is 25.9 Å². The van der Waals surface area contributed by atoms with Gasteiger partial charge in [-0.2, -0.15) is 0 Å². The SMILES string of the molecule is Cc1nccc([C@@H]2CCCN2C2CCN(S(C)(=O)=O)CC2)n1. The lowest BCUT2D eigenvalue weighted by atomic mass is 10.0. The van der Waals surface area contributed by atoms with Crippen molar-refractivity contribution in [2.45, 2.75) is 44.7 Å². The molecule has 1 atom stereocenters. The molecule has 0 aliphatic carbocycles. The first kappa shape index (κ1) is 15.8. The molecule has 2 aliphatic heterocycles. The Balaban J connectivity index is 1.70. The molecule has 122 valence electrons. The molecule has 7 heteroatoms. The number of hydrogen-bond acceptors (Lipinski definition) is 5. The summed E-state index contributed by atoms with van der Waals surface area (Å²) in [5, 5.41) is 0. The third-order valence-electron chi connectivity index (χ3n) is 4.79. The molecule has 22 heavy (non-hydrogen) atoms. The van der Waals surface area contributed by atoms with E-state index in [1.807, 2.05) is 19.2 Å². The second-order valence-corrected chi connectivity index (χ2v) is 8.30. The molecule has 1 aromatic rings. The van der Waals surface area contributed by atoms with Gasteiger partial charge in [-0.05, 0) is 45.2 Å². The van der Waals surface area contributed by atoms with E-state index in [2.05, 4.69) is 14.9 Å². The van der Waals surface area contributed by atoms with Crippen LogP contribution in [0.1, 0.15) is 43.2 Å². The van der Waals surface area contributed by atoms with Crippen LogP contribution in [0.15, 0.2) is 12.3 Å². The molecule has 0 aromatic carbocycles. The normalized spacial score (nSPS) is 25.6. The molecule has 0 radical (unpaired) electrons. The Hall–Kier alpha value is -1.05. The van der Waals surface area contributed by atoms with Gasteiger partial charge in [-0.3, -0.25) is 4.90 Å². The Labute approximate surface area is 132 Å². The van der Waals surface area contributed by atoms with Gasteiger partial charge in [0.05, 0.1) is 18.0 Å². The summed E-state index contributed by atoms with van der Waals surface area (Å²) in [6.07, 6.45) is 7.26. The molecule has 0 spiro atoms. The van der Waals surface area contributed by atoms with Crippen molar-refractivity contribution in [3.05, 3.63) is 23.8 Å². The van der Waals surface area contributed by atoms with Crippen molar-refractivity contribution in [1.82, 2.24) is 19.2 Å². The van der Waals surface area contributed by atoms with Crippen LogP contribution < -0.4 is 0 Å². The molecule has 2 fully saturated rings. The molecule has 3 rings (SSSR count). The quantitative estimate of drug-likeness (QED) is 0.839. The van der Waals surface area contributed by atoms with E-state index in [0.29, 0.717) is 25.2 Å². The second-order valence-electron chi connectivity index (χ2n) is 6.32. The van der Waals surface area contributed by atoms with E-state index in [1.165, 1.54) is 12.7 Å². The lowest BCUT2D eigenvalue weighted by molar-refractivity contribution is 0.125. The van der Waals surface area contributed by atoms with E-state index in [9.17, 15) is 8.42 Å². The Bertz CT molecular complexity index is 626. The van der Waals surface area contributed by atoms with Gasteiger partial charge in [0, 0.05) is 25.3 Å². The summed E-state index contributed by atoms with van der Waals surface area (Å²) in [7, 11) is -3.05. The maximum atomic E-state index is 11.6. The first-order valence-corrected chi connectivity index (χ1v) is 9.80. The van der Waals surface area contributed by atoms with Gasteiger partial charge < -0.3 is 0 Å². The number of hydrogen-bond donors (Lipinski definition) is 0. The number of rotatable bonds is 3. The molecular formula is C15H24N4O2S. The number of aromatic nitrogens is 2. The van der Waals surface area contributed by atoms with Gasteiger partial charge in [0.25, 0.3) is 0 Å². The van der Waals surface area contributed by atoms with Crippen molar-refractivity contribution in [2.24, 2.45) is 0 Å². The van der Waals surface area contributed by atoms with Crippen molar-refractivity contribution in [3.8, 4) is 0 Å². The fourth-order valence-electron chi connectivity index (χ4n) is 3.71. The zero-order valence-electron chi connectivity index (χ0n) is 13.3. The molecule has 6 nitrogen and oxygen atoms in total. The summed E-state index contributed by atoms with van der Waals surface area (Å²) in [4.78, 5) is 11.3. The molecule has 0 N–H and O–H groups in total. The zero-order valence-corrected chi connectivity index (χ0v) is 14.1. The van der Waals surface area contributed by atoms with Gasteiger partial charge in [0.2, 0.25) is 10.0 Å². The van der Waals surface area contributed by atoms with Crippen LogP contribution in [0.2, 0.25) is 0 Å². The van der Waals surface area contributed by atoms with Crippen molar-refractivity contribution >= 4 is 10.0 Å². The fourth-order valence-corrected chi connectivity index (χ4v) is 4.58. The van der Waals surface area contributed by atoms with Crippen LogP contribution in [-0.2, 0) is 10.0 Å². The fraction of sp³-hybridized carbons (Fsp3) is 0.733. The third kappa shape index (κ3) is 3.31. The highest BCUT2D eigenvalue weighted by molar-refractivity contribution is 7.88. The lowest BCUT2D eigenvalue weighted by Gasteiger charge is -2.38. The van der Waals surface area contributed by atoms with E-state index in [0.717, 1.165) is 37.3 Å². The Morgan fingerprint density at radius 2 is 1.91 bits per heavy atom. The average molecular weight is 324 g/mol. The Morgan fingerprint density at radius 3 is 2.55 bits per heavy atom. The van der Waals surface area contributed by atoms with E-state index >= 15 is 0 Å². The number of sulfonamides is 1. The summed E-state index contributed by atoms with van der Waals surface area (Å²) in [6, 6.07) is 2.83. The largest absolute Gasteiger partial charge is 0.292 e. The van der Waals surface area contributed by atoms with Crippen LogP contribution in [-0.4, -0.2) is 59.5 Å². The van der Waals surface area contributed by atoms with Gasteiger partial charge in [0.15, 0.2) is 0 Å². The van der Waals surface area contributed by atoms with Crippen molar-refractivity contribution < 1.29 is 8.42 Å². The van der Waals surface area contributed by atoms with Gasteiger partial charge in [-0.15, -0.1) is 0 Å². The van der Waals surface area contributed by atoms with Crippen LogP contribution in [0.5, 0.6) is 0 Å². The van der Waals surface area contributed by atoms with Crippen LogP contribution >= 0.6 is 0 Å². The zero-order chi connectivity index (χ0) is 15.7. The maximum absolute atomic E-state index is 11.6. The minimum atomic E-state index is -3.05. The van der Waals surface area contributed by atoms with E-state index < -0.39 is 10.0 Å². The molecule has 0 unspecified atom stereocenters. The highest BCUT2D eigenvalue weighted by atomic mass is 32.2. The maximum Gasteiger partial charge on any atom is 0.211 e. The van der Waals surface area contributed by atoms with Gasteiger partial charge in [-0.25, -0.2) is 22.7 Å². The third-order valence-corrected chi connectivity index (χ3v) is 6.10. The summed E-state index contributed by atoms with van der Waals surface area (Å²) in [5.74, 6) is 0.816. The summed E-state index contributed by atoms with van der Waals surface area (Å²) < 4.78 is 24.9. The van der Waals surface area contributed by atoms with E-state index in [4.69, 9.17) is 0 Å². The van der Waals surface area contributed by atoms with Crippen LogP contribution in [0.4, 0.5) is 0 Å². The standard InChI is InChI=1S/C15H24N4O2S/c1-12-16-8-5-14(17-12)15-4-3-9-19(15)13-6-10-18(11-7-13)22(2,20)21/h5,8,13,15H,3-4,6-7,9-11H2,1-2H3/t15-/m0/s1. The van der Waals surface area contributed by atoms with Crippen LogP contribution in [0, 0.1) is 6.92 Å². The summed E-state index contributed by atoms with van der Waals surface area (Å²) in [5.41, 5.74) is 1.11. The molecular weight excluding hydrogens is 300 g/mol. The molecule has 0 amide bonds. The molecule has 0 bridgehead atoms. The lowest BCUT2D eigenvalue weighted by Crippen LogP contribution is -2.46. The van der Waals surface area contributed by atoms with Crippen LogP contribution in [0.25, 0.3) is 0 Å². The molecule has 3 heterocycles. The molecule has 2 aliphatic rings. The van der Waals surface area contributed by atoms with Crippen molar-refractivity contribution in [1.29, 1.82) is 0 Å². The second kappa shape index (κ2) is 6.22. The predicted molar refractivity (Wildman–Crippen MR) is 84.9 cm³/mol. The summed E-state index contributed by atoms with van der Waals surface area (Å²) >= 11 is 0. The minimum absolute atomic E-state index is 0.358. The Morgan fingerprint density at radius 1 is 1.18 bits per heavy atom. The van der Waals surface area contributed by atoms with E-state index in [1.54, 1.807) is 4.31 Å². The number of nitrogens with zero attached hydrogens (tertiary/aromatic N) is 4. The first-order chi connectivity index (χ1) is 10.4. The monoisotopic (exact) mass is 324 g/mol. The minimum Gasteiger partial charge on any atom is -0.292 e. The number of aryl methyl sites for hydroxylation is 1. The number of likely N-dealkylation sites (tertiary alicyclic amines) is 1. The highest BCUT2D eigenvalue weighted by Gasteiger charge is 2.35. The smallest absolute Gasteiger partial charge is 0.211 e. The van der Waals surface area contributed by atoms with Crippen molar-refractivity contribution in [3.63, 3.8) is 0 Å². The Kier molecular flexibility index (Phi) is 4.47. The predicted octanol–water partition coefficient (Wildman–Crippen LogP) is 1.35.